The molecule has 1 rings (SSSR count). The van der Waals surface area contributed by atoms with Crippen molar-refractivity contribution in [2.24, 2.45) is 0 Å². The highest BCUT2D eigenvalue weighted by atomic mass is 32.2. The molecule has 0 amide bonds. The van der Waals surface area contributed by atoms with Crippen LogP contribution < -0.4 is 5.32 Å². The van der Waals surface area contributed by atoms with Crippen molar-refractivity contribution in [3.8, 4) is 0 Å². The lowest BCUT2D eigenvalue weighted by molar-refractivity contribution is 0.108. The fraction of sp³-hybridized carbons (Fsp3) is 1.00. The van der Waals surface area contributed by atoms with E-state index in [1.807, 2.05) is 0 Å². The smallest absolute Gasteiger partial charge is 0.254 e. The first-order valence-electron chi connectivity index (χ1n) is 2.90. The van der Waals surface area contributed by atoms with Gasteiger partial charge in [0.25, 0.3) is 6.43 Å². The second-order valence-corrected chi connectivity index (χ2v) is 3.12. The van der Waals surface area contributed by atoms with E-state index in [2.05, 4.69) is 5.32 Å². The molecule has 0 bridgehead atoms. The SMILES string of the molecule is FC(F)[C@@H]1CSCCN1. The van der Waals surface area contributed by atoms with Crippen LogP contribution in [0.3, 0.4) is 0 Å². The molecule has 1 saturated heterocycles. The van der Waals surface area contributed by atoms with E-state index in [1.54, 1.807) is 11.8 Å². The van der Waals surface area contributed by atoms with E-state index in [0.717, 1.165) is 12.3 Å². The van der Waals surface area contributed by atoms with Crippen molar-refractivity contribution in [1.82, 2.24) is 5.32 Å². The summed E-state index contributed by atoms with van der Waals surface area (Å²) in [6.45, 7) is 0.722. The molecule has 1 heterocycles. The third kappa shape index (κ3) is 2.10. The van der Waals surface area contributed by atoms with Gasteiger partial charge in [0.05, 0.1) is 6.04 Å². The predicted octanol–water partition coefficient (Wildman–Crippen LogP) is 0.956. The number of rotatable bonds is 1. The molecule has 1 nitrogen and oxygen atoms in total. The van der Waals surface area contributed by atoms with Gasteiger partial charge in [0.2, 0.25) is 0 Å². The maximum Gasteiger partial charge on any atom is 0.254 e. The molecule has 54 valence electrons. The van der Waals surface area contributed by atoms with Crippen molar-refractivity contribution in [3.63, 3.8) is 0 Å². The highest BCUT2D eigenvalue weighted by molar-refractivity contribution is 7.99. The molecule has 0 aliphatic carbocycles. The van der Waals surface area contributed by atoms with E-state index >= 15 is 0 Å². The van der Waals surface area contributed by atoms with Gasteiger partial charge in [-0.3, -0.25) is 0 Å². The Morgan fingerprint density at radius 2 is 2.33 bits per heavy atom. The Labute approximate surface area is 57.2 Å². The lowest BCUT2D eigenvalue weighted by atomic mass is 10.3. The quantitative estimate of drug-likeness (QED) is 0.602. The molecule has 1 fully saturated rings. The van der Waals surface area contributed by atoms with Gasteiger partial charge in [-0.05, 0) is 0 Å². The van der Waals surface area contributed by atoms with Crippen molar-refractivity contribution >= 4 is 11.8 Å². The third-order valence-electron chi connectivity index (χ3n) is 1.25. The lowest BCUT2D eigenvalue weighted by Gasteiger charge is -2.21. The van der Waals surface area contributed by atoms with Crippen molar-refractivity contribution in [2.45, 2.75) is 12.5 Å². The van der Waals surface area contributed by atoms with Gasteiger partial charge < -0.3 is 5.32 Å². The second kappa shape index (κ2) is 3.37. The van der Waals surface area contributed by atoms with Crippen LogP contribution in [0.2, 0.25) is 0 Å². The average Bonchev–Trinajstić information content (AvgIpc) is 1.90. The number of hydrogen-bond acceptors (Lipinski definition) is 2. The van der Waals surface area contributed by atoms with Crippen LogP contribution in [0.1, 0.15) is 0 Å². The molecule has 0 radical (unpaired) electrons. The molecule has 1 atom stereocenters. The van der Waals surface area contributed by atoms with E-state index in [0.29, 0.717) is 5.75 Å². The van der Waals surface area contributed by atoms with Gasteiger partial charge in [0.1, 0.15) is 0 Å². The minimum Gasteiger partial charge on any atom is -0.307 e. The maximum atomic E-state index is 11.8. The summed E-state index contributed by atoms with van der Waals surface area (Å²) < 4.78 is 23.7. The molecule has 0 saturated carbocycles. The van der Waals surface area contributed by atoms with Crippen molar-refractivity contribution in [1.29, 1.82) is 0 Å². The van der Waals surface area contributed by atoms with Gasteiger partial charge in [0, 0.05) is 18.1 Å². The monoisotopic (exact) mass is 153 g/mol. The Morgan fingerprint density at radius 3 is 2.67 bits per heavy atom. The molecule has 1 N–H and O–H groups in total. The van der Waals surface area contributed by atoms with Gasteiger partial charge >= 0.3 is 0 Å². The first kappa shape index (κ1) is 7.28. The predicted molar refractivity (Wildman–Crippen MR) is 35.1 cm³/mol. The number of halogens is 2. The Bertz CT molecular complexity index is 83.0. The van der Waals surface area contributed by atoms with E-state index in [1.165, 1.54) is 0 Å². The molecular weight excluding hydrogens is 144 g/mol. The topological polar surface area (TPSA) is 12.0 Å². The van der Waals surface area contributed by atoms with E-state index in [-0.39, 0.29) is 0 Å². The van der Waals surface area contributed by atoms with Crippen LogP contribution in [0, 0.1) is 0 Å². The first-order chi connectivity index (χ1) is 4.30. The Balaban J connectivity index is 2.23. The van der Waals surface area contributed by atoms with Crippen molar-refractivity contribution in [2.75, 3.05) is 18.1 Å². The fourth-order valence-electron chi connectivity index (χ4n) is 0.748. The van der Waals surface area contributed by atoms with Crippen LogP contribution in [-0.2, 0) is 0 Å². The molecule has 4 heteroatoms. The van der Waals surface area contributed by atoms with E-state index in [9.17, 15) is 8.78 Å². The largest absolute Gasteiger partial charge is 0.307 e. The highest BCUT2D eigenvalue weighted by Gasteiger charge is 2.21. The van der Waals surface area contributed by atoms with Crippen LogP contribution in [0.4, 0.5) is 8.78 Å². The van der Waals surface area contributed by atoms with Gasteiger partial charge in [-0.15, -0.1) is 0 Å². The van der Waals surface area contributed by atoms with Crippen molar-refractivity contribution < 1.29 is 8.78 Å². The molecule has 9 heavy (non-hydrogen) atoms. The number of alkyl halides is 2. The summed E-state index contributed by atoms with van der Waals surface area (Å²) in [6.07, 6.45) is -2.20. The lowest BCUT2D eigenvalue weighted by Crippen LogP contribution is -2.42. The molecule has 0 aromatic heterocycles. The van der Waals surface area contributed by atoms with Crippen LogP contribution >= 0.6 is 11.8 Å². The normalized spacial score (nSPS) is 29.0. The van der Waals surface area contributed by atoms with Crippen LogP contribution in [0.5, 0.6) is 0 Å². The van der Waals surface area contributed by atoms with Gasteiger partial charge in [-0.1, -0.05) is 0 Å². The van der Waals surface area contributed by atoms with Crippen LogP contribution in [0.25, 0.3) is 0 Å². The average molecular weight is 153 g/mol. The molecule has 1 aliphatic rings. The summed E-state index contributed by atoms with van der Waals surface area (Å²) in [6, 6.07) is -0.566. The standard InChI is InChI=1S/C5H9F2NS/c6-5(7)4-3-9-2-1-8-4/h4-5,8H,1-3H2/t4-/m0/s1. The van der Waals surface area contributed by atoms with E-state index in [4.69, 9.17) is 0 Å². The zero-order valence-corrected chi connectivity index (χ0v) is 5.76. The molecule has 0 spiro atoms. The number of thioether (sulfide) groups is 1. The summed E-state index contributed by atoms with van der Waals surface area (Å²) in [5, 5.41) is 2.75. The molecular formula is C5H9F2NS. The Hall–Kier alpha value is 0.170. The highest BCUT2D eigenvalue weighted by Crippen LogP contribution is 2.12. The summed E-state index contributed by atoms with van der Waals surface area (Å²) in [5.41, 5.74) is 0. The maximum absolute atomic E-state index is 11.8. The molecule has 1 aliphatic heterocycles. The first-order valence-corrected chi connectivity index (χ1v) is 4.05. The van der Waals surface area contributed by atoms with Gasteiger partial charge in [-0.2, -0.15) is 11.8 Å². The van der Waals surface area contributed by atoms with Crippen LogP contribution in [-0.4, -0.2) is 30.5 Å². The minimum atomic E-state index is -2.20. The summed E-state index contributed by atoms with van der Waals surface area (Å²) >= 11 is 1.59. The zero-order chi connectivity index (χ0) is 6.69. The molecule has 0 aromatic rings. The van der Waals surface area contributed by atoms with Crippen molar-refractivity contribution in [3.05, 3.63) is 0 Å². The summed E-state index contributed by atoms with van der Waals surface area (Å²) in [4.78, 5) is 0. The second-order valence-electron chi connectivity index (χ2n) is 1.97. The molecule has 0 unspecified atom stereocenters. The summed E-state index contributed by atoms with van der Waals surface area (Å²) in [7, 11) is 0. The van der Waals surface area contributed by atoms with Gasteiger partial charge in [0.15, 0.2) is 0 Å². The zero-order valence-electron chi connectivity index (χ0n) is 4.94. The van der Waals surface area contributed by atoms with E-state index < -0.39 is 12.5 Å². The fourth-order valence-corrected chi connectivity index (χ4v) is 1.69. The summed E-state index contributed by atoms with van der Waals surface area (Å²) in [5.74, 6) is 1.51. The third-order valence-corrected chi connectivity index (χ3v) is 2.34. The Morgan fingerprint density at radius 1 is 1.56 bits per heavy atom. The minimum absolute atomic E-state index is 0.553. The van der Waals surface area contributed by atoms with Crippen LogP contribution in [0.15, 0.2) is 0 Å². The number of hydrogen-bond donors (Lipinski definition) is 1. The van der Waals surface area contributed by atoms with Gasteiger partial charge in [-0.25, -0.2) is 8.78 Å². The Kier molecular flexibility index (Phi) is 2.72. The number of nitrogens with one attached hydrogen (secondary N) is 1. The molecule has 0 aromatic carbocycles.